The largest absolute Gasteiger partial charge is 0.415 e. The van der Waals surface area contributed by atoms with Gasteiger partial charge in [-0.3, -0.25) is 0 Å². The summed E-state index contributed by atoms with van der Waals surface area (Å²) in [5.74, 6) is 1.51. The van der Waals surface area contributed by atoms with Gasteiger partial charge in [0.1, 0.15) is 11.4 Å². The molecular weight excluding hydrogens is 572 g/mol. The Balaban J connectivity index is 1.01. The molecule has 0 unspecified atom stereocenters. The molecular formula is C38H26N6O2. The molecule has 220 valence electrons. The third-order valence-electron chi connectivity index (χ3n) is 7.75. The van der Waals surface area contributed by atoms with Gasteiger partial charge in [0, 0.05) is 11.1 Å². The van der Waals surface area contributed by atoms with Crippen LogP contribution in [-0.2, 0) is 0 Å². The highest BCUT2D eigenvalue weighted by molar-refractivity contribution is 5.76. The molecule has 7 aromatic rings. The van der Waals surface area contributed by atoms with Gasteiger partial charge in [-0.05, 0) is 83.6 Å². The van der Waals surface area contributed by atoms with Gasteiger partial charge in [0.2, 0.25) is 11.8 Å². The van der Waals surface area contributed by atoms with Gasteiger partial charge < -0.3 is 8.83 Å². The van der Waals surface area contributed by atoms with Crippen molar-refractivity contribution in [1.29, 1.82) is 0 Å². The summed E-state index contributed by atoms with van der Waals surface area (Å²) >= 11 is 0. The minimum Gasteiger partial charge on any atom is -0.415 e. The zero-order chi connectivity index (χ0) is 30.7. The Morgan fingerprint density at radius 3 is 1.41 bits per heavy atom. The van der Waals surface area contributed by atoms with Crippen molar-refractivity contribution < 1.29 is 8.83 Å². The van der Waals surface area contributed by atoms with E-state index in [0.29, 0.717) is 46.3 Å². The number of rotatable bonds is 7. The van der Waals surface area contributed by atoms with Crippen LogP contribution in [-0.4, -0.2) is 30.4 Å². The molecule has 0 aliphatic heterocycles. The van der Waals surface area contributed by atoms with Crippen molar-refractivity contribution in [1.82, 2.24) is 30.4 Å². The smallest absolute Gasteiger partial charge is 0.266 e. The van der Waals surface area contributed by atoms with Crippen molar-refractivity contribution in [2.45, 2.75) is 12.8 Å². The van der Waals surface area contributed by atoms with Crippen molar-refractivity contribution in [2.75, 3.05) is 0 Å². The summed E-state index contributed by atoms with van der Waals surface area (Å²) in [5.41, 5.74) is 8.73. The van der Waals surface area contributed by atoms with Gasteiger partial charge in [-0.25, -0.2) is 9.97 Å². The van der Waals surface area contributed by atoms with Crippen molar-refractivity contribution in [2.24, 2.45) is 0 Å². The molecule has 0 fully saturated rings. The molecule has 0 spiro atoms. The van der Waals surface area contributed by atoms with Crippen molar-refractivity contribution in [3.05, 3.63) is 139 Å². The highest BCUT2D eigenvalue weighted by atomic mass is 16.4. The number of pyridine rings is 2. The molecule has 0 N–H and O–H groups in total. The topological polar surface area (TPSA) is 104 Å². The van der Waals surface area contributed by atoms with Crippen molar-refractivity contribution >= 4 is 5.57 Å². The van der Waals surface area contributed by atoms with E-state index in [9.17, 15) is 0 Å². The third-order valence-corrected chi connectivity index (χ3v) is 7.75. The number of benzene rings is 3. The Morgan fingerprint density at radius 2 is 0.870 bits per heavy atom. The summed E-state index contributed by atoms with van der Waals surface area (Å²) in [7, 11) is 0. The molecule has 3 aromatic carbocycles. The third kappa shape index (κ3) is 5.55. The number of hydrogen-bond donors (Lipinski definition) is 0. The fraction of sp³-hybridized carbons (Fsp3) is 0.0526. The van der Waals surface area contributed by atoms with Crippen LogP contribution in [0.1, 0.15) is 18.4 Å². The fourth-order valence-electron chi connectivity index (χ4n) is 5.35. The Morgan fingerprint density at radius 1 is 0.391 bits per heavy atom. The summed E-state index contributed by atoms with van der Waals surface area (Å²) in [5, 5.41) is 17.1. The number of hydrogen-bond acceptors (Lipinski definition) is 8. The lowest BCUT2D eigenvalue weighted by Crippen LogP contribution is -1.92. The summed E-state index contributed by atoms with van der Waals surface area (Å²) in [6, 6.07) is 37.6. The molecule has 0 bridgehead atoms. The normalized spacial score (nSPS) is 12.7. The van der Waals surface area contributed by atoms with Gasteiger partial charge in [0.25, 0.3) is 11.8 Å². The second kappa shape index (κ2) is 12.0. The minimum atomic E-state index is 0.323. The van der Waals surface area contributed by atoms with Crippen molar-refractivity contribution in [3.8, 4) is 68.6 Å². The molecule has 8 nitrogen and oxygen atoms in total. The summed E-state index contributed by atoms with van der Waals surface area (Å²) in [4.78, 5) is 9.55. The summed E-state index contributed by atoms with van der Waals surface area (Å²) in [6.45, 7) is 0. The first-order valence-electron chi connectivity index (χ1n) is 15.0. The second-order valence-electron chi connectivity index (χ2n) is 10.8. The van der Waals surface area contributed by atoms with Crippen LogP contribution >= 0.6 is 0 Å². The SMILES string of the molecule is C1=CC(c2ccc(-c3nnc(-c4cccc(-c5cccc(-c6nnc(-c7ccc(-c8ccccc8)cc7)o6)n5)n4)o3)cc2)=CCC1. The van der Waals surface area contributed by atoms with Crippen LogP contribution in [0.4, 0.5) is 0 Å². The highest BCUT2D eigenvalue weighted by Gasteiger charge is 2.16. The van der Waals surface area contributed by atoms with Gasteiger partial charge in [0.15, 0.2) is 0 Å². The maximum Gasteiger partial charge on any atom is 0.266 e. The van der Waals surface area contributed by atoms with Crippen LogP contribution in [0.15, 0.2) is 142 Å². The molecule has 0 saturated heterocycles. The highest BCUT2D eigenvalue weighted by Crippen LogP contribution is 2.30. The van der Waals surface area contributed by atoms with E-state index < -0.39 is 0 Å². The lowest BCUT2D eigenvalue weighted by atomic mass is 9.99. The van der Waals surface area contributed by atoms with Gasteiger partial charge in [0.05, 0.1) is 11.4 Å². The zero-order valence-electron chi connectivity index (χ0n) is 24.6. The first-order valence-corrected chi connectivity index (χ1v) is 15.0. The molecule has 0 amide bonds. The van der Waals surface area contributed by atoms with E-state index in [0.717, 1.165) is 40.7 Å². The predicted molar refractivity (Wildman–Crippen MR) is 177 cm³/mol. The molecule has 1 aliphatic carbocycles. The molecule has 1 aliphatic rings. The molecule has 8 heteroatoms. The van der Waals surface area contributed by atoms with E-state index in [1.165, 1.54) is 5.57 Å². The monoisotopic (exact) mass is 598 g/mol. The average Bonchev–Trinajstić information content (AvgIpc) is 3.84. The standard InChI is InChI=1S/C38H26N6O2/c1-3-9-25(10-4-1)27-17-21-29(22-18-27)35-41-43-37(45-35)33-15-7-13-31(39-33)32-14-8-16-34(40-32)38-44-42-36(46-38)30-23-19-28(20-24-30)26-11-5-2-6-12-26/h1,3-5,7-24H,2,6H2. The van der Waals surface area contributed by atoms with Gasteiger partial charge in [-0.2, -0.15) is 0 Å². The zero-order valence-corrected chi connectivity index (χ0v) is 24.6. The Labute approximate surface area is 264 Å². The van der Waals surface area contributed by atoms with Crippen LogP contribution in [0.25, 0.3) is 74.2 Å². The Bertz CT molecular complexity index is 2200. The predicted octanol–water partition coefficient (Wildman–Crippen LogP) is 8.98. The first-order chi connectivity index (χ1) is 22.8. The van der Waals surface area contributed by atoms with Gasteiger partial charge in [-0.1, -0.05) is 85.0 Å². The lowest BCUT2D eigenvalue weighted by molar-refractivity contribution is 0.581. The first kappa shape index (κ1) is 27.3. The molecule has 4 heterocycles. The van der Waals surface area contributed by atoms with Gasteiger partial charge >= 0.3 is 0 Å². The van der Waals surface area contributed by atoms with Crippen LogP contribution in [0.3, 0.4) is 0 Å². The number of nitrogens with zero attached hydrogens (tertiary/aromatic N) is 6. The second-order valence-corrected chi connectivity index (χ2v) is 10.8. The maximum absolute atomic E-state index is 6.04. The van der Waals surface area contributed by atoms with E-state index >= 15 is 0 Å². The number of aromatic nitrogens is 6. The van der Waals surface area contributed by atoms with E-state index in [-0.39, 0.29) is 0 Å². The van der Waals surface area contributed by atoms with Crippen LogP contribution in [0.5, 0.6) is 0 Å². The molecule has 0 saturated carbocycles. The Kier molecular flexibility index (Phi) is 7.12. The van der Waals surface area contributed by atoms with Crippen LogP contribution < -0.4 is 0 Å². The van der Waals surface area contributed by atoms with Crippen LogP contribution in [0.2, 0.25) is 0 Å². The molecule has 0 radical (unpaired) electrons. The molecule has 8 rings (SSSR count). The minimum absolute atomic E-state index is 0.323. The van der Waals surface area contributed by atoms with E-state index in [1.54, 1.807) is 0 Å². The molecule has 0 atom stereocenters. The fourth-order valence-corrected chi connectivity index (χ4v) is 5.35. The molecule has 46 heavy (non-hydrogen) atoms. The molecule has 4 aromatic heterocycles. The van der Waals surface area contributed by atoms with Crippen LogP contribution in [0, 0.1) is 0 Å². The maximum atomic E-state index is 6.04. The number of allylic oxidation sites excluding steroid dienone is 4. The Hall–Kier alpha value is -6.28. The van der Waals surface area contributed by atoms with Crippen molar-refractivity contribution in [3.63, 3.8) is 0 Å². The van der Waals surface area contributed by atoms with E-state index in [4.69, 9.17) is 18.8 Å². The summed E-state index contributed by atoms with van der Waals surface area (Å²) < 4.78 is 12.1. The average molecular weight is 599 g/mol. The van der Waals surface area contributed by atoms with Gasteiger partial charge in [-0.15, -0.1) is 20.4 Å². The quantitative estimate of drug-likeness (QED) is 0.179. The lowest BCUT2D eigenvalue weighted by Gasteiger charge is -2.07. The van der Waals surface area contributed by atoms with E-state index in [2.05, 4.69) is 62.9 Å². The van der Waals surface area contributed by atoms with E-state index in [1.807, 2.05) is 91.0 Å². The summed E-state index contributed by atoms with van der Waals surface area (Å²) in [6.07, 6.45) is 8.78.